The molecule has 4 N–H and O–H groups in total. The van der Waals surface area contributed by atoms with Crippen LogP contribution in [0.4, 0.5) is 11.8 Å². The second-order valence-corrected chi connectivity index (χ2v) is 8.86. The Hall–Kier alpha value is -2.87. The molecule has 0 aliphatic carbocycles. The van der Waals surface area contributed by atoms with E-state index in [-0.39, 0.29) is 17.8 Å². The third-order valence-electron chi connectivity index (χ3n) is 4.84. The van der Waals surface area contributed by atoms with Crippen molar-refractivity contribution in [1.29, 1.82) is 0 Å². The maximum atomic E-state index is 10.2. The van der Waals surface area contributed by atoms with E-state index in [1.807, 2.05) is 30.5 Å². The van der Waals surface area contributed by atoms with Crippen LogP contribution in [-0.4, -0.2) is 41.4 Å². The van der Waals surface area contributed by atoms with Crippen molar-refractivity contribution in [2.75, 3.05) is 10.6 Å². The summed E-state index contributed by atoms with van der Waals surface area (Å²) in [6, 6.07) is 5.68. The van der Waals surface area contributed by atoms with Gasteiger partial charge in [0.05, 0.1) is 11.9 Å². The van der Waals surface area contributed by atoms with E-state index < -0.39 is 5.60 Å². The van der Waals surface area contributed by atoms with Gasteiger partial charge in [0.1, 0.15) is 5.75 Å². The molecule has 162 valence electrons. The van der Waals surface area contributed by atoms with Gasteiger partial charge in [-0.05, 0) is 54.0 Å². The molecule has 3 aromatic rings. The van der Waals surface area contributed by atoms with Crippen LogP contribution in [-0.2, 0) is 6.54 Å². The van der Waals surface area contributed by atoms with Crippen molar-refractivity contribution >= 4 is 22.9 Å². The third kappa shape index (κ3) is 5.18. The number of nitrogens with zero attached hydrogens (tertiary/aromatic N) is 4. The molecule has 1 atom stereocenters. The van der Waals surface area contributed by atoms with Gasteiger partial charge >= 0.3 is 0 Å². The lowest BCUT2D eigenvalue weighted by atomic mass is 10.0. The molecule has 0 aliphatic heterocycles. The van der Waals surface area contributed by atoms with E-state index in [1.54, 1.807) is 26.2 Å². The van der Waals surface area contributed by atoms with E-state index in [2.05, 4.69) is 39.4 Å². The number of imidazole rings is 1. The fourth-order valence-electron chi connectivity index (χ4n) is 3.54. The minimum absolute atomic E-state index is 0.0217. The number of fused-ring (bicyclic) bond motifs is 1. The fourth-order valence-corrected chi connectivity index (χ4v) is 3.54. The Morgan fingerprint density at radius 1 is 1.17 bits per heavy atom. The molecule has 30 heavy (non-hydrogen) atoms. The molecule has 1 unspecified atom stereocenters. The number of phenols is 1. The number of phenolic OH excluding ortho intramolecular Hbond substituents is 1. The first-order valence-corrected chi connectivity index (χ1v) is 10.3. The highest BCUT2D eigenvalue weighted by molar-refractivity contribution is 5.84. The van der Waals surface area contributed by atoms with Crippen LogP contribution in [0.3, 0.4) is 0 Å². The first kappa shape index (κ1) is 21.8. The number of hydrogen-bond donors (Lipinski definition) is 4. The first-order chi connectivity index (χ1) is 14.0. The minimum Gasteiger partial charge on any atom is -0.508 e. The van der Waals surface area contributed by atoms with Gasteiger partial charge in [0, 0.05) is 24.2 Å². The van der Waals surface area contributed by atoms with Gasteiger partial charge in [0.15, 0.2) is 17.0 Å². The lowest BCUT2D eigenvalue weighted by Gasteiger charge is -2.23. The van der Waals surface area contributed by atoms with Gasteiger partial charge in [0.2, 0.25) is 5.95 Å². The van der Waals surface area contributed by atoms with Crippen molar-refractivity contribution in [3.05, 3.63) is 35.7 Å². The number of nitrogens with one attached hydrogen (secondary N) is 2. The lowest BCUT2D eigenvalue weighted by molar-refractivity contribution is 0.0672. The van der Waals surface area contributed by atoms with Gasteiger partial charge in [0.25, 0.3) is 0 Å². The van der Waals surface area contributed by atoms with Crippen LogP contribution in [0, 0.1) is 6.92 Å². The monoisotopic (exact) mass is 412 g/mol. The summed E-state index contributed by atoms with van der Waals surface area (Å²) in [5.41, 5.74) is 2.48. The summed E-state index contributed by atoms with van der Waals surface area (Å²) in [5.74, 6) is 1.30. The largest absolute Gasteiger partial charge is 0.508 e. The molecule has 0 spiro atoms. The van der Waals surface area contributed by atoms with Crippen LogP contribution in [0.15, 0.2) is 24.5 Å². The molecule has 2 heterocycles. The number of benzene rings is 1. The number of anilines is 2. The van der Waals surface area contributed by atoms with Crippen molar-refractivity contribution in [3.8, 4) is 5.75 Å². The molecule has 0 fully saturated rings. The van der Waals surface area contributed by atoms with E-state index in [4.69, 9.17) is 0 Å². The van der Waals surface area contributed by atoms with Crippen LogP contribution in [0.1, 0.15) is 58.2 Å². The normalized spacial score (nSPS) is 13.1. The van der Waals surface area contributed by atoms with Crippen molar-refractivity contribution in [2.24, 2.45) is 0 Å². The second kappa shape index (κ2) is 8.47. The zero-order valence-corrected chi connectivity index (χ0v) is 18.6. The topological polar surface area (TPSA) is 108 Å². The fraction of sp³-hybridized carbons (Fsp3) is 0.500. The SMILES string of the molecule is Cc1ccc(O)c(CNc2nc(NC(C)CC(C)(C)O)nc3c2ncn3C(C)C)c1. The van der Waals surface area contributed by atoms with Crippen molar-refractivity contribution in [1.82, 2.24) is 19.5 Å². The first-order valence-electron chi connectivity index (χ1n) is 10.3. The van der Waals surface area contributed by atoms with Crippen molar-refractivity contribution in [2.45, 2.75) is 72.2 Å². The van der Waals surface area contributed by atoms with Crippen LogP contribution in [0.25, 0.3) is 11.2 Å². The Morgan fingerprint density at radius 2 is 1.90 bits per heavy atom. The summed E-state index contributed by atoms with van der Waals surface area (Å²) in [4.78, 5) is 13.8. The maximum Gasteiger partial charge on any atom is 0.226 e. The van der Waals surface area contributed by atoms with Gasteiger partial charge in [-0.1, -0.05) is 17.7 Å². The average Bonchev–Trinajstić information content (AvgIpc) is 3.04. The number of aryl methyl sites for hydroxylation is 1. The molecule has 0 aliphatic rings. The molecular formula is C22H32N6O2. The van der Waals surface area contributed by atoms with Gasteiger partial charge < -0.3 is 25.4 Å². The van der Waals surface area contributed by atoms with Gasteiger partial charge in [-0.15, -0.1) is 0 Å². The molecule has 0 bridgehead atoms. The van der Waals surface area contributed by atoms with Crippen LogP contribution >= 0.6 is 0 Å². The van der Waals surface area contributed by atoms with E-state index in [9.17, 15) is 10.2 Å². The Kier molecular flexibility index (Phi) is 6.17. The Bertz CT molecular complexity index is 1020. The lowest BCUT2D eigenvalue weighted by Crippen LogP contribution is -2.29. The molecule has 8 nitrogen and oxygen atoms in total. The highest BCUT2D eigenvalue weighted by Gasteiger charge is 2.20. The minimum atomic E-state index is -0.792. The third-order valence-corrected chi connectivity index (χ3v) is 4.84. The Morgan fingerprint density at radius 3 is 2.57 bits per heavy atom. The predicted molar refractivity (Wildman–Crippen MR) is 120 cm³/mol. The smallest absolute Gasteiger partial charge is 0.226 e. The summed E-state index contributed by atoms with van der Waals surface area (Å²) in [6.45, 7) is 12.1. The van der Waals surface area contributed by atoms with E-state index in [0.29, 0.717) is 30.2 Å². The van der Waals surface area contributed by atoms with Crippen LogP contribution in [0.5, 0.6) is 5.75 Å². The Labute approximate surface area is 177 Å². The van der Waals surface area contributed by atoms with Crippen LogP contribution < -0.4 is 10.6 Å². The summed E-state index contributed by atoms with van der Waals surface area (Å²) >= 11 is 0. The molecule has 1 aromatic carbocycles. The number of aromatic nitrogens is 4. The zero-order valence-electron chi connectivity index (χ0n) is 18.6. The van der Waals surface area contributed by atoms with E-state index in [0.717, 1.165) is 16.8 Å². The number of aliphatic hydroxyl groups is 1. The van der Waals surface area contributed by atoms with E-state index >= 15 is 0 Å². The summed E-state index contributed by atoms with van der Waals surface area (Å²) < 4.78 is 2.00. The quantitative estimate of drug-likeness (QED) is 0.443. The molecule has 8 heteroatoms. The maximum absolute atomic E-state index is 10.2. The van der Waals surface area contributed by atoms with Crippen molar-refractivity contribution < 1.29 is 10.2 Å². The molecule has 3 rings (SSSR count). The van der Waals surface area contributed by atoms with Gasteiger partial charge in [-0.2, -0.15) is 9.97 Å². The van der Waals surface area contributed by atoms with E-state index in [1.165, 1.54) is 0 Å². The number of aromatic hydroxyl groups is 1. The number of rotatable bonds is 8. The standard InChI is InChI=1S/C22H32N6O2/c1-13(2)28-12-24-18-19(23-11-16-9-14(3)7-8-17(16)29)26-21(27-20(18)28)25-15(4)10-22(5,6)30/h7-9,12-13,15,29-30H,10-11H2,1-6H3,(H2,23,25,26,27). The van der Waals surface area contributed by atoms with Crippen LogP contribution in [0.2, 0.25) is 0 Å². The molecule has 2 aromatic heterocycles. The predicted octanol–water partition coefficient (Wildman–Crippen LogP) is 3.99. The second-order valence-electron chi connectivity index (χ2n) is 8.86. The molecular weight excluding hydrogens is 380 g/mol. The molecule has 0 amide bonds. The zero-order chi connectivity index (χ0) is 22.1. The summed E-state index contributed by atoms with van der Waals surface area (Å²) in [5, 5.41) is 26.9. The van der Waals surface area contributed by atoms with Gasteiger partial charge in [-0.25, -0.2) is 4.98 Å². The highest BCUT2D eigenvalue weighted by atomic mass is 16.3. The number of hydrogen-bond acceptors (Lipinski definition) is 7. The summed E-state index contributed by atoms with van der Waals surface area (Å²) in [6.07, 6.45) is 2.32. The van der Waals surface area contributed by atoms with Gasteiger partial charge in [-0.3, -0.25) is 0 Å². The average molecular weight is 413 g/mol. The molecule has 0 saturated heterocycles. The van der Waals surface area contributed by atoms with Crippen molar-refractivity contribution in [3.63, 3.8) is 0 Å². The highest BCUT2D eigenvalue weighted by Crippen LogP contribution is 2.26. The molecule has 0 radical (unpaired) electrons. The Balaban J connectivity index is 1.94. The molecule has 0 saturated carbocycles. The summed E-state index contributed by atoms with van der Waals surface area (Å²) in [7, 11) is 0.